The smallest absolute Gasteiger partial charge is 0.267 e. The second kappa shape index (κ2) is 5.09. The number of hydrogen-bond donors (Lipinski definition) is 1. The Morgan fingerprint density at radius 3 is 2.57 bits per heavy atom. The van der Waals surface area contributed by atoms with Gasteiger partial charge in [-0.25, -0.2) is 0 Å². The van der Waals surface area contributed by atoms with Gasteiger partial charge in [-0.1, -0.05) is 19.8 Å². The summed E-state index contributed by atoms with van der Waals surface area (Å²) in [5.74, 6) is 0.0379. The lowest BCUT2D eigenvalue weighted by molar-refractivity contribution is 0.0105. The Labute approximate surface area is 85.4 Å². The van der Waals surface area contributed by atoms with Crippen LogP contribution in [0.3, 0.4) is 0 Å². The van der Waals surface area contributed by atoms with Crippen LogP contribution in [0.15, 0.2) is 0 Å². The zero-order valence-corrected chi connectivity index (χ0v) is 9.29. The Kier molecular flexibility index (Phi) is 4.34. The van der Waals surface area contributed by atoms with Crippen molar-refractivity contribution >= 4 is 10.1 Å². The van der Waals surface area contributed by atoms with E-state index in [4.69, 9.17) is 4.18 Å². The topological polar surface area (TPSA) is 63.6 Å². The van der Waals surface area contributed by atoms with Gasteiger partial charge in [-0.05, 0) is 19.3 Å². The zero-order valence-electron chi connectivity index (χ0n) is 8.48. The molecule has 0 bridgehead atoms. The Balaban J connectivity index is 2.49. The van der Waals surface area contributed by atoms with Crippen molar-refractivity contribution in [3.05, 3.63) is 0 Å². The van der Waals surface area contributed by atoms with Crippen molar-refractivity contribution in [3.63, 3.8) is 0 Å². The molecule has 0 amide bonds. The molecule has 1 fully saturated rings. The molecule has 2 atom stereocenters. The van der Waals surface area contributed by atoms with Crippen molar-refractivity contribution in [2.75, 3.05) is 5.75 Å². The van der Waals surface area contributed by atoms with Crippen molar-refractivity contribution in [2.24, 2.45) is 0 Å². The maximum atomic E-state index is 11.3. The molecule has 1 rings (SSSR count). The maximum absolute atomic E-state index is 11.3. The Bertz CT molecular complexity index is 260. The third kappa shape index (κ3) is 3.55. The Morgan fingerprint density at radius 2 is 2.00 bits per heavy atom. The van der Waals surface area contributed by atoms with E-state index in [1.807, 2.05) is 0 Å². The molecule has 1 aliphatic carbocycles. The molecule has 84 valence electrons. The van der Waals surface area contributed by atoms with Gasteiger partial charge in [0.25, 0.3) is 10.1 Å². The number of aliphatic hydroxyl groups excluding tert-OH is 1. The fourth-order valence-corrected chi connectivity index (χ4v) is 2.87. The highest BCUT2D eigenvalue weighted by Crippen LogP contribution is 2.22. The first-order valence-corrected chi connectivity index (χ1v) is 6.72. The predicted molar refractivity (Wildman–Crippen MR) is 53.4 cm³/mol. The van der Waals surface area contributed by atoms with Crippen LogP contribution < -0.4 is 0 Å². The lowest BCUT2D eigenvalue weighted by atomic mass is 9.95. The minimum atomic E-state index is -3.42. The van der Waals surface area contributed by atoms with Gasteiger partial charge in [0.15, 0.2) is 0 Å². The highest BCUT2D eigenvalue weighted by Gasteiger charge is 2.28. The van der Waals surface area contributed by atoms with Crippen molar-refractivity contribution in [2.45, 2.75) is 51.2 Å². The third-order valence-corrected chi connectivity index (χ3v) is 3.84. The van der Waals surface area contributed by atoms with Gasteiger partial charge >= 0.3 is 0 Å². The average Bonchev–Trinajstić information content (AvgIpc) is 2.08. The van der Waals surface area contributed by atoms with Crippen molar-refractivity contribution in [1.82, 2.24) is 0 Å². The zero-order chi connectivity index (χ0) is 10.6. The van der Waals surface area contributed by atoms with Crippen LogP contribution in [0.25, 0.3) is 0 Å². The fraction of sp³-hybridized carbons (Fsp3) is 1.00. The molecule has 0 saturated heterocycles. The summed E-state index contributed by atoms with van der Waals surface area (Å²) >= 11 is 0. The van der Waals surface area contributed by atoms with Gasteiger partial charge in [0.05, 0.1) is 11.9 Å². The first-order valence-electron chi connectivity index (χ1n) is 5.14. The quantitative estimate of drug-likeness (QED) is 0.722. The molecule has 4 nitrogen and oxygen atoms in total. The molecule has 0 aliphatic heterocycles. The van der Waals surface area contributed by atoms with Crippen LogP contribution in [0.4, 0.5) is 0 Å². The molecule has 5 heteroatoms. The van der Waals surface area contributed by atoms with Gasteiger partial charge in [-0.15, -0.1) is 0 Å². The van der Waals surface area contributed by atoms with Gasteiger partial charge in [0, 0.05) is 0 Å². The van der Waals surface area contributed by atoms with Crippen molar-refractivity contribution in [1.29, 1.82) is 0 Å². The number of hydrogen-bond acceptors (Lipinski definition) is 4. The van der Waals surface area contributed by atoms with Gasteiger partial charge in [0.1, 0.15) is 6.10 Å². The SMILES string of the molecule is CCCS(=O)(=O)O[C@@H]1CCCC[C@H]1O. The molecule has 0 spiro atoms. The summed E-state index contributed by atoms with van der Waals surface area (Å²) in [7, 11) is -3.42. The van der Waals surface area contributed by atoms with Crippen LogP contribution in [0, 0.1) is 0 Å². The standard InChI is InChI=1S/C9H18O4S/c1-2-7-14(11,12)13-9-6-4-3-5-8(9)10/h8-10H,2-7H2,1H3/t8-,9-/m1/s1. The van der Waals surface area contributed by atoms with Crippen molar-refractivity contribution < 1.29 is 17.7 Å². The third-order valence-electron chi connectivity index (χ3n) is 2.39. The van der Waals surface area contributed by atoms with E-state index in [9.17, 15) is 13.5 Å². The van der Waals surface area contributed by atoms with Gasteiger partial charge in [-0.3, -0.25) is 4.18 Å². The van der Waals surface area contributed by atoms with E-state index < -0.39 is 22.3 Å². The Morgan fingerprint density at radius 1 is 1.36 bits per heavy atom. The van der Waals surface area contributed by atoms with Gasteiger partial charge in [0.2, 0.25) is 0 Å². The summed E-state index contributed by atoms with van der Waals surface area (Å²) in [6.07, 6.45) is 2.59. The molecule has 1 saturated carbocycles. The fourth-order valence-electron chi connectivity index (χ4n) is 1.68. The molecule has 1 aliphatic rings. The first kappa shape index (κ1) is 11.9. The largest absolute Gasteiger partial charge is 0.390 e. The summed E-state index contributed by atoms with van der Waals surface area (Å²) < 4.78 is 27.6. The predicted octanol–water partition coefficient (Wildman–Crippen LogP) is 1.05. The van der Waals surface area contributed by atoms with Crippen molar-refractivity contribution in [3.8, 4) is 0 Å². The summed E-state index contributed by atoms with van der Waals surface area (Å²) in [6.45, 7) is 1.79. The van der Waals surface area contributed by atoms with E-state index in [-0.39, 0.29) is 5.75 Å². The molecule has 1 N–H and O–H groups in total. The van der Waals surface area contributed by atoms with E-state index in [1.54, 1.807) is 6.92 Å². The van der Waals surface area contributed by atoms with E-state index >= 15 is 0 Å². The second-order valence-electron chi connectivity index (χ2n) is 3.75. The summed E-state index contributed by atoms with van der Waals surface area (Å²) in [5, 5.41) is 9.51. The summed E-state index contributed by atoms with van der Waals surface area (Å²) in [5.41, 5.74) is 0. The van der Waals surface area contributed by atoms with E-state index in [0.29, 0.717) is 19.3 Å². The van der Waals surface area contributed by atoms with Crippen LogP contribution in [0.2, 0.25) is 0 Å². The van der Waals surface area contributed by atoms with E-state index in [2.05, 4.69) is 0 Å². The van der Waals surface area contributed by atoms with Crippen LogP contribution in [-0.2, 0) is 14.3 Å². The van der Waals surface area contributed by atoms with E-state index in [1.165, 1.54) is 0 Å². The van der Waals surface area contributed by atoms with Gasteiger partial charge < -0.3 is 5.11 Å². The lowest BCUT2D eigenvalue weighted by Gasteiger charge is -2.26. The molecule has 0 aromatic rings. The van der Waals surface area contributed by atoms with E-state index in [0.717, 1.165) is 12.8 Å². The lowest BCUT2D eigenvalue weighted by Crippen LogP contribution is -2.34. The van der Waals surface area contributed by atoms with Crippen LogP contribution >= 0.6 is 0 Å². The van der Waals surface area contributed by atoms with Crippen LogP contribution in [0.5, 0.6) is 0 Å². The normalized spacial score (nSPS) is 29.0. The van der Waals surface area contributed by atoms with Crippen LogP contribution in [-0.4, -0.2) is 31.5 Å². The molecule has 0 aromatic carbocycles. The number of rotatable bonds is 4. The minimum absolute atomic E-state index is 0.0379. The second-order valence-corrected chi connectivity index (χ2v) is 5.46. The highest BCUT2D eigenvalue weighted by atomic mass is 32.2. The van der Waals surface area contributed by atoms with Crippen LogP contribution in [0.1, 0.15) is 39.0 Å². The molecule has 0 radical (unpaired) electrons. The molecule has 0 heterocycles. The monoisotopic (exact) mass is 222 g/mol. The maximum Gasteiger partial charge on any atom is 0.267 e. The number of aliphatic hydroxyl groups is 1. The molecule has 0 aromatic heterocycles. The summed E-state index contributed by atoms with van der Waals surface area (Å²) in [6, 6.07) is 0. The summed E-state index contributed by atoms with van der Waals surface area (Å²) in [4.78, 5) is 0. The highest BCUT2D eigenvalue weighted by molar-refractivity contribution is 7.86. The Hall–Kier alpha value is -0.130. The average molecular weight is 222 g/mol. The molecule has 0 unspecified atom stereocenters. The van der Waals surface area contributed by atoms with Gasteiger partial charge in [-0.2, -0.15) is 8.42 Å². The molecular weight excluding hydrogens is 204 g/mol. The minimum Gasteiger partial charge on any atom is -0.390 e. The molecular formula is C9H18O4S. The first-order chi connectivity index (χ1) is 6.55. The molecule has 14 heavy (non-hydrogen) atoms.